The molecule has 1 saturated heterocycles. The van der Waals surface area contributed by atoms with Crippen molar-refractivity contribution in [2.24, 2.45) is 0 Å². The van der Waals surface area contributed by atoms with Crippen LogP contribution in [0.15, 0.2) is 11.2 Å². The van der Waals surface area contributed by atoms with Gasteiger partial charge in [-0.2, -0.15) is 10.1 Å². The molecule has 0 aliphatic carbocycles. The second-order valence-electron chi connectivity index (χ2n) is 7.79. The van der Waals surface area contributed by atoms with Crippen LogP contribution in [0.25, 0.3) is 11.0 Å². The molecule has 1 unspecified atom stereocenters. The monoisotopic (exact) mass is 411 g/mol. The van der Waals surface area contributed by atoms with Crippen molar-refractivity contribution in [1.29, 1.82) is 0 Å². The second-order valence-corrected chi connectivity index (χ2v) is 8.80. The van der Waals surface area contributed by atoms with E-state index in [2.05, 4.69) is 19.9 Å². The Labute approximate surface area is 173 Å². The zero-order valence-electron chi connectivity index (χ0n) is 17.0. The highest BCUT2D eigenvalue weighted by Crippen LogP contribution is 2.36. The van der Waals surface area contributed by atoms with Crippen LogP contribution in [0.2, 0.25) is 0 Å². The molecule has 5 heterocycles. The predicted molar refractivity (Wildman–Crippen MR) is 114 cm³/mol. The summed E-state index contributed by atoms with van der Waals surface area (Å²) in [7, 11) is 1.69. The van der Waals surface area contributed by atoms with Gasteiger partial charge in [0.05, 0.1) is 30.4 Å². The van der Waals surface area contributed by atoms with Gasteiger partial charge in [-0.25, -0.2) is 9.67 Å². The number of nitrogens with two attached hydrogens (primary N) is 1. The van der Waals surface area contributed by atoms with Gasteiger partial charge in [0, 0.05) is 35.5 Å². The number of nitrogen functional groups attached to an aromatic ring is 1. The highest BCUT2D eigenvalue weighted by Gasteiger charge is 2.31. The van der Waals surface area contributed by atoms with Gasteiger partial charge in [0.2, 0.25) is 5.95 Å². The predicted octanol–water partition coefficient (Wildman–Crippen LogP) is 2.20. The van der Waals surface area contributed by atoms with E-state index in [1.54, 1.807) is 18.9 Å². The quantitative estimate of drug-likeness (QED) is 0.653. The molecule has 0 amide bonds. The average Bonchev–Trinajstić information content (AvgIpc) is 2.87. The summed E-state index contributed by atoms with van der Waals surface area (Å²) in [5, 5.41) is 6.96. The van der Waals surface area contributed by atoms with Crippen molar-refractivity contribution in [3.63, 3.8) is 0 Å². The summed E-state index contributed by atoms with van der Waals surface area (Å²) in [4.78, 5) is 16.3. The minimum Gasteiger partial charge on any atom is -0.496 e. The van der Waals surface area contributed by atoms with E-state index >= 15 is 0 Å². The maximum absolute atomic E-state index is 6.05. The summed E-state index contributed by atoms with van der Waals surface area (Å²) in [6, 6.07) is 0.482. The number of aromatic nitrogens is 5. The van der Waals surface area contributed by atoms with Crippen molar-refractivity contribution in [1.82, 2.24) is 29.6 Å². The third kappa shape index (κ3) is 3.12. The van der Waals surface area contributed by atoms with E-state index in [0.29, 0.717) is 18.5 Å². The molecule has 5 rings (SSSR count). The molecular weight excluding hydrogens is 386 g/mol. The van der Waals surface area contributed by atoms with Gasteiger partial charge in [-0.1, -0.05) is 0 Å². The van der Waals surface area contributed by atoms with Crippen molar-refractivity contribution in [3.05, 3.63) is 28.7 Å². The summed E-state index contributed by atoms with van der Waals surface area (Å²) in [6.45, 7) is 6.91. The number of hydrogen-bond acceptors (Lipinski definition) is 8. The molecule has 8 nitrogen and oxygen atoms in total. The Balaban J connectivity index is 1.58. The minimum absolute atomic E-state index is 0.293. The van der Waals surface area contributed by atoms with Gasteiger partial charge < -0.3 is 10.5 Å². The number of rotatable bonds is 4. The van der Waals surface area contributed by atoms with E-state index in [1.165, 1.54) is 19.5 Å². The lowest BCUT2D eigenvalue weighted by Gasteiger charge is -2.37. The van der Waals surface area contributed by atoms with Crippen molar-refractivity contribution >= 4 is 28.7 Å². The molecule has 2 N–H and O–H groups in total. The first-order chi connectivity index (χ1) is 14.0. The van der Waals surface area contributed by atoms with Crippen LogP contribution < -0.4 is 10.5 Å². The van der Waals surface area contributed by atoms with Gasteiger partial charge in [-0.3, -0.25) is 9.88 Å². The summed E-state index contributed by atoms with van der Waals surface area (Å²) in [5.74, 6) is 2.18. The van der Waals surface area contributed by atoms with Crippen molar-refractivity contribution in [2.75, 3.05) is 31.7 Å². The fourth-order valence-electron chi connectivity index (χ4n) is 4.25. The van der Waals surface area contributed by atoms with Gasteiger partial charge >= 0.3 is 0 Å². The fourth-order valence-corrected chi connectivity index (χ4v) is 5.45. The van der Waals surface area contributed by atoms with Crippen molar-refractivity contribution < 1.29 is 4.74 Å². The van der Waals surface area contributed by atoms with E-state index in [-0.39, 0.29) is 0 Å². The number of thioether (sulfide) groups is 1. The first-order valence-electron chi connectivity index (χ1n) is 9.94. The molecule has 2 aliphatic rings. The van der Waals surface area contributed by atoms with E-state index < -0.39 is 0 Å². The Hall–Kier alpha value is -2.39. The van der Waals surface area contributed by atoms with Gasteiger partial charge in [-0.15, -0.1) is 11.8 Å². The maximum atomic E-state index is 6.05. The number of ether oxygens (including phenoxy) is 1. The Morgan fingerprint density at radius 1 is 1.28 bits per heavy atom. The van der Waals surface area contributed by atoms with Crippen LogP contribution in [-0.2, 0) is 13.0 Å². The second kappa shape index (κ2) is 7.14. The maximum Gasteiger partial charge on any atom is 0.223 e. The third-order valence-corrected chi connectivity index (χ3v) is 7.07. The van der Waals surface area contributed by atoms with Crippen molar-refractivity contribution in [2.45, 2.75) is 44.3 Å². The summed E-state index contributed by atoms with van der Waals surface area (Å²) in [5.41, 5.74) is 10.9. The molecule has 0 radical (unpaired) electrons. The van der Waals surface area contributed by atoms with Crippen LogP contribution in [0.1, 0.15) is 28.9 Å². The number of likely N-dealkylation sites (tertiary alicyclic amines) is 1. The molecule has 0 aromatic carbocycles. The minimum atomic E-state index is 0.293. The largest absolute Gasteiger partial charge is 0.496 e. The highest BCUT2D eigenvalue weighted by atomic mass is 32.2. The number of methoxy groups -OCH3 is 1. The first-order valence-corrected chi connectivity index (χ1v) is 10.9. The van der Waals surface area contributed by atoms with Crippen LogP contribution >= 0.6 is 11.8 Å². The smallest absolute Gasteiger partial charge is 0.223 e. The molecule has 152 valence electrons. The van der Waals surface area contributed by atoms with E-state index in [4.69, 9.17) is 15.6 Å². The lowest BCUT2D eigenvalue weighted by molar-refractivity contribution is 0.130. The van der Waals surface area contributed by atoms with Crippen molar-refractivity contribution in [3.8, 4) is 5.75 Å². The number of nitrogens with zero attached hydrogens (tertiary/aromatic N) is 6. The Morgan fingerprint density at radius 2 is 2.10 bits per heavy atom. The van der Waals surface area contributed by atoms with Gasteiger partial charge in [0.25, 0.3) is 0 Å². The lowest BCUT2D eigenvalue weighted by atomic mass is 10.1. The normalized spacial score (nSPS) is 19.2. The van der Waals surface area contributed by atoms with Crippen LogP contribution in [0.5, 0.6) is 5.75 Å². The summed E-state index contributed by atoms with van der Waals surface area (Å²) < 4.78 is 7.49. The van der Waals surface area contributed by atoms with E-state index in [9.17, 15) is 0 Å². The van der Waals surface area contributed by atoms with Crippen LogP contribution in [0.4, 0.5) is 5.95 Å². The summed E-state index contributed by atoms with van der Waals surface area (Å²) >= 11 is 1.77. The van der Waals surface area contributed by atoms with Crippen LogP contribution in [-0.4, -0.2) is 61.6 Å². The molecule has 1 atom stereocenters. The van der Waals surface area contributed by atoms with Gasteiger partial charge in [0.1, 0.15) is 10.8 Å². The Kier molecular flexibility index (Phi) is 4.59. The van der Waals surface area contributed by atoms with Gasteiger partial charge in [0.15, 0.2) is 5.65 Å². The average molecular weight is 412 g/mol. The highest BCUT2D eigenvalue weighted by molar-refractivity contribution is 7.99. The zero-order chi connectivity index (χ0) is 20.1. The van der Waals surface area contributed by atoms with E-state index in [0.717, 1.165) is 56.5 Å². The van der Waals surface area contributed by atoms with Crippen LogP contribution in [0, 0.1) is 13.8 Å². The number of pyridine rings is 1. The fraction of sp³-hybridized carbons (Fsp3) is 0.500. The molecule has 3 aromatic rings. The molecule has 9 heteroatoms. The molecule has 3 aromatic heterocycles. The molecule has 0 saturated carbocycles. The molecule has 2 aliphatic heterocycles. The molecule has 0 bridgehead atoms. The molecule has 0 spiro atoms. The van der Waals surface area contributed by atoms with Crippen LogP contribution in [0.3, 0.4) is 0 Å². The SMILES string of the molecule is COc1c(C)cnc(Cn2nc3c4c(nc(N)nc42)SCC(N2CCC2)C3)c1C. The number of aryl methyl sites for hydroxylation is 1. The summed E-state index contributed by atoms with van der Waals surface area (Å²) in [6.07, 6.45) is 4.05. The molecule has 1 fully saturated rings. The zero-order valence-corrected chi connectivity index (χ0v) is 17.8. The third-order valence-electron chi connectivity index (χ3n) is 5.95. The standard InChI is InChI=1S/C20H25N7OS/c1-11-8-22-15(12(2)17(11)28-3)9-27-18-16-14(25-27)7-13(26-5-4-6-26)10-29-19(16)24-20(21)23-18/h8,13H,4-7,9-10H2,1-3H3,(H2,21,23,24). The topological polar surface area (TPSA) is 95.0 Å². The molecule has 29 heavy (non-hydrogen) atoms. The Bertz CT molecular complexity index is 1090. The van der Waals surface area contributed by atoms with Gasteiger partial charge in [-0.05, 0) is 33.4 Å². The van der Waals surface area contributed by atoms with E-state index in [1.807, 2.05) is 24.7 Å². The molecular formula is C20H25N7OS. The Morgan fingerprint density at radius 3 is 2.83 bits per heavy atom. The first kappa shape index (κ1) is 18.6. The lowest BCUT2D eigenvalue weighted by Crippen LogP contribution is -2.47. The number of hydrogen-bond donors (Lipinski definition) is 1. The number of anilines is 1.